The van der Waals surface area contributed by atoms with Crippen LogP contribution < -0.4 is 4.74 Å². The van der Waals surface area contributed by atoms with Crippen molar-refractivity contribution >= 4 is 14.3 Å². The molecule has 1 aromatic carbocycles. The average Bonchev–Trinajstić information content (AvgIpc) is 2.43. The van der Waals surface area contributed by atoms with Crippen LogP contribution in [0.15, 0.2) is 12.1 Å². The Hall–Kier alpha value is -1.13. The van der Waals surface area contributed by atoms with Gasteiger partial charge in [0.2, 0.25) is 0 Å². The highest BCUT2D eigenvalue weighted by atomic mass is 28.4. The molecule has 0 bridgehead atoms. The van der Waals surface area contributed by atoms with E-state index in [1.807, 2.05) is 33.8 Å². The number of ether oxygens (including phenoxy) is 1. The minimum atomic E-state index is -1.78. The number of benzene rings is 1. The number of aryl methyl sites for hydroxylation is 2. The molecule has 0 aliphatic rings. The summed E-state index contributed by atoms with van der Waals surface area (Å²) in [6, 6.07) is 4.16. The summed E-state index contributed by atoms with van der Waals surface area (Å²) in [5.74, 6) is 0.488. The van der Waals surface area contributed by atoms with E-state index in [4.69, 9.17) is 9.16 Å². The Morgan fingerprint density at radius 3 is 1.96 bits per heavy atom. The number of rotatable bonds is 6. The summed E-state index contributed by atoms with van der Waals surface area (Å²) in [6.45, 7) is 26.3. The number of hydrogen-bond acceptors (Lipinski definition) is 3. The topological polar surface area (TPSA) is 35.5 Å². The van der Waals surface area contributed by atoms with Crippen molar-refractivity contribution in [3.63, 3.8) is 0 Å². The number of hydrogen-bond donors (Lipinski definition) is 0. The number of carbonyl (C=O) groups excluding carboxylic acids is 1. The minimum absolute atomic E-state index is 0.159. The van der Waals surface area contributed by atoms with E-state index in [9.17, 15) is 4.79 Å². The lowest BCUT2D eigenvalue weighted by molar-refractivity contribution is -0.143. The van der Waals surface area contributed by atoms with Gasteiger partial charge in [-0.2, -0.15) is 0 Å². The first kappa shape index (κ1) is 24.9. The maximum atomic E-state index is 12.6. The zero-order chi connectivity index (χ0) is 22.1. The molecule has 0 fully saturated rings. The van der Waals surface area contributed by atoms with Crippen LogP contribution in [0.2, 0.25) is 18.1 Å². The second-order valence-electron chi connectivity index (χ2n) is 11.3. The molecule has 0 aliphatic carbocycles. The average molecular weight is 407 g/mol. The summed E-state index contributed by atoms with van der Waals surface area (Å²) >= 11 is 0. The third kappa shape index (κ3) is 6.18. The quantitative estimate of drug-likeness (QED) is 0.291. The highest BCUT2D eigenvalue weighted by molar-refractivity contribution is 6.74. The fraction of sp³-hybridized carbons (Fsp3) is 0.708. The molecule has 0 saturated heterocycles. The summed E-state index contributed by atoms with van der Waals surface area (Å²) < 4.78 is 12.3. The van der Waals surface area contributed by atoms with Gasteiger partial charge in [0.25, 0.3) is 0 Å². The summed E-state index contributed by atoms with van der Waals surface area (Å²) in [7, 11) is -1.78. The maximum Gasteiger partial charge on any atom is 0.316 e. The van der Waals surface area contributed by atoms with Gasteiger partial charge in [-0.1, -0.05) is 40.7 Å². The molecular formula is C24H42O3Si. The highest BCUT2D eigenvalue weighted by Crippen LogP contribution is 2.40. The van der Waals surface area contributed by atoms with Gasteiger partial charge in [-0.15, -0.1) is 0 Å². The van der Waals surface area contributed by atoms with Crippen LogP contribution >= 0.6 is 0 Å². The first-order valence-electron chi connectivity index (χ1n) is 10.4. The van der Waals surface area contributed by atoms with E-state index in [0.717, 1.165) is 23.1 Å². The van der Waals surface area contributed by atoms with Gasteiger partial charge in [0.05, 0.1) is 5.41 Å². The normalized spacial score (nSPS) is 13.6. The molecule has 0 spiro atoms. The zero-order valence-corrected chi connectivity index (χ0v) is 21.3. The van der Waals surface area contributed by atoms with E-state index in [1.54, 1.807) is 0 Å². The minimum Gasteiger partial charge on any atom is -0.426 e. The molecule has 0 atom stereocenters. The summed E-state index contributed by atoms with van der Waals surface area (Å²) in [5.41, 5.74) is 2.67. The Labute approximate surface area is 174 Å². The second-order valence-corrected chi connectivity index (χ2v) is 16.1. The molecule has 0 heterocycles. The van der Waals surface area contributed by atoms with Gasteiger partial charge < -0.3 is 9.16 Å². The van der Waals surface area contributed by atoms with Gasteiger partial charge in [-0.05, 0) is 81.8 Å². The molecular weight excluding hydrogens is 364 g/mol. The third-order valence-electron chi connectivity index (χ3n) is 5.93. The van der Waals surface area contributed by atoms with Gasteiger partial charge in [-0.3, -0.25) is 4.79 Å². The monoisotopic (exact) mass is 406 g/mol. The van der Waals surface area contributed by atoms with E-state index in [2.05, 4.69) is 60.7 Å². The van der Waals surface area contributed by atoms with Crippen molar-refractivity contribution in [1.82, 2.24) is 0 Å². The summed E-state index contributed by atoms with van der Waals surface area (Å²) in [6.07, 6.45) is 0.878. The maximum absolute atomic E-state index is 12.6. The van der Waals surface area contributed by atoms with Crippen molar-refractivity contribution in [1.29, 1.82) is 0 Å². The predicted molar refractivity (Wildman–Crippen MR) is 122 cm³/mol. The molecule has 0 N–H and O–H groups in total. The van der Waals surface area contributed by atoms with E-state index in [-0.39, 0.29) is 16.4 Å². The number of carbonyl (C=O) groups is 1. The molecule has 1 aromatic rings. The van der Waals surface area contributed by atoms with E-state index >= 15 is 0 Å². The summed E-state index contributed by atoms with van der Waals surface area (Å²) in [5, 5.41) is 0.199. The molecule has 160 valence electrons. The van der Waals surface area contributed by atoms with Gasteiger partial charge in [-0.25, -0.2) is 0 Å². The van der Waals surface area contributed by atoms with Gasteiger partial charge >= 0.3 is 5.97 Å². The molecule has 0 aromatic heterocycles. The highest BCUT2D eigenvalue weighted by Gasteiger charge is 2.38. The van der Waals surface area contributed by atoms with Crippen molar-refractivity contribution in [2.45, 2.75) is 99.2 Å². The van der Waals surface area contributed by atoms with Crippen LogP contribution in [0, 0.1) is 19.3 Å². The van der Waals surface area contributed by atoms with Crippen LogP contribution in [0.3, 0.4) is 0 Å². The third-order valence-corrected chi connectivity index (χ3v) is 10.5. The van der Waals surface area contributed by atoms with Gasteiger partial charge in [0.1, 0.15) is 5.75 Å². The molecule has 28 heavy (non-hydrogen) atoms. The lowest BCUT2D eigenvalue weighted by Gasteiger charge is -2.37. The van der Waals surface area contributed by atoms with Gasteiger partial charge in [0.15, 0.2) is 8.32 Å². The molecule has 1 rings (SSSR count). The summed E-state index contributed by atoms with van der Waals surface area (Å²) in [4.78, 5) is 12.6. The number of esters is 1. The van der Waals surface area contributed by atoms with Crippen LogP contribution in [0.25, 0.3) is 0 Å². The van der Waals surface area contributed by atoms with Crippen molar-refractivity contribution in [3.05, 3.63) is 28.8 Å². The SMILES string of the molecule is Cc1cc(C)c(C(C)(C)CCO[Si](C)(C)C(C)(C)C)c(OC(=O)C(C)(C)C)c1. The molecule has 3 nitrogen and oxygen atoms in total. The molecule has 0 aliphatic heterocycles. The molecule has 0 saturated carbocycles. The standard InChI is InChI=1S/C24H42O3Si/c1-17-15-18(2)20(19(16-17)27-21(25)22(3,4)5)24(9,10)13-14-26-28(11,12)23(6,7)8/h15-16H,13-14H2,1-12H3. The van der Waals surface area contributed by atoms with E-state index in [1.165, 1.54) is 0 Å². The van der Waals surface area contributed by atoms with Crippen molar-refractivity contribution < 1.29 is 14.0 Å². The Bertz CT molecular complexity index is 704. The van der Waals surface area contributed by atoms with Crippen LogP contribution in [-0.4, -0.2) is 20.9 Å². The van der Waals surface area contributed by atoms with Crippen molar-refractivity contribution in [3.8, 4) is 5.75 Å². The first-order chi connectivity index (χ1) is 12.4. The lowest BCUT2D eigenvalue weighted by atomic mass is 9.78. The molecule has 4 heteroatoms. The van der Waals surface area contributed by atoms with E-state index in [0.29, 0.717) is 12.4 Å². The Morgan fingerprint density at radius 1 is 0.964 bits per heavy atom. The first-order valence-corrected chi connectivity index (χ1v) is 13.3. The molecule has 0 unspecified atom stereocenters. The fourth-order valence-electron chi connectivity index (χ4n) is 3.03. The Balaban J connectivity index is 3.14. The van der Waals surface area contributed by atoms with Crippen molar-refractivity contribution in [2.24, 2.45) is 5.41 Å². The smallest absolute Gasteiger partial charge is 0.316 e. The Kier molecular flexibility index (Phi) is 7.39. The second kappa shape index (κ2) is 8.31. The largest absolute Gasteiger partial charge is 0.426 e. The predicted octanol–water partition coefficient (Wildman–Crippen LogP) is 6.94. The van der Waals surface area contributed by atoms with Crippen LogP contribution in [0.4, 0.5) is 0 Å². The Morgan fingerprint density at radius 2 is 1.50 bits per heavy atom. The van der Waals surface area contributed by atoms with Crippen LogP contribution in [0.5, 0.6) is 5.75 Å². The van der Waals surface area contributed by atoms with Crippen LogP contribution in [-0.2, 0) is 14.6 Å². The van der Waals surface area contributed by atoms with Crippen LogP contribution in [0.1, 0.15) is 78.5 Å². The van der Waals surface area contributed by atoms with Crippen molar-refractivity contribution in [2.75, 3.05) is 6.61 Å². The molecule has 0 amide bonds. The van der Waals surface area contributed by atoms with E-state index < -0.39 is 13.7 Å². The van der Waals surface area contributed by atoms with Gasteiger partial charge in [0, 0.05) is 12.2 Å². The fourth-order valence-corrected chi connectivity index (χ4v) is 4.08. The zero-order valence-electron chi connectivity index (χ0n) is 20.3. The lowest BCUT2D eigenvalue weighted by Crippen LogP contribution is -2.41. The molecule has 0 radical (unpaired) electrons.